The average Bonchev–Trinajstić information content (AvgIpc) is 2.75. The number of para-hydroxylation sites is 1. The molecule has 3 heteroatoms. The van der Waals surface area contributed by atoms with Crippen LogP contribution < -0.4 is 4.74 Å². The molecule has 0 saturated carbocycles. The van der Waals surface area contributed by atoms with Crippen molar-refractivity contribution in [2.75, 3.05) is 19.7 Å². The van der Waals surface area contributed by atoms with Crippen molar-refractivity contribution < 1.29 is 4.74 Å². The highest BCUT2D eigenvalue weighted by Gasteiger charge is 2.43. The second kappa shape index (κ2) is 6.30. The van der Waals surface area contributed by atoms with Crippen LogP contribution in [0, 0.1) is 11.3 Å². The lowest BCUT2D eigenvalue weighted by Gasteiger charge is -2.41. The van der Waals surface area contributed by atoms with Crippen molar-refractivity contribution >= 4 is 0 Å². The van der Waals surface area contributed by atoms with Crippen LogP contribution in [0.1, 0.15) is 63.0 Å². The van der Waals surface area contributed by atoms with Gasteiger partial charge in [-0.25, -0.2) is 0 Å². The van der Waals surface area contributed by atoms with Crippen molar-refractivity contribution in [2.45, 2.75) is 57.4 Å². The van der Waals surface area contributed by atoms with Gasteiger partial charge in [-0.1, -0.05) is 38.5 Å². The average molecular weight is 298 g/mol. The van der Waals surface area contributed by atoms with Crippen LogP contribution in [-0.2, 0) is 5.54 Å². The van der Waals surface area contributed by atoms with E-state index in [0.29, 0.717) is 12.5 Å². The van der Waals surface area contributed by atoms with Gasteiger partial charge < -0.3 is 4.74 Å². The maximum atomic E-state index is 10.1. The molecule has 0 N–H and O–H groups in total. The summed E-state index contributed by atoms with van der Waals surface area (Å²) in [4.78, 5) is 2.41. The number of hydrogen-bond acceptors (Lipinski definition) is 3. The third kappa shape index (κ3) is 2.50. The van der Waals surface area contributed by atoms with Crippen LogP contribution in [0.5, 0.6) is 5.75 Å². The van der Waals surface area contributed by atoms with E-state index in [9.17, 15) is 5.26 Å². The smallest absolute Gasteiger partial charge is 0.138 e. The van der Waals surface area contributed by atoms with Gasteiger partial charge in [0.25, 0.3) is 0 Å². The van der Waals surface area contributed by atoms with Gasteiger partial charge in [0.15, 0.2) is 0 Å². The Kier molecular flexibility index (Phi) is 4.40. The molecule has 0 amide bonds. The molecule has 2 aliphatic heterocycles. The van der Waals surface area contributed by atoms with Crippen molar-refractivity contribution in [3.05, 3.63) is 29.3 Å². The highest BCUT2D eigenvalue weighted by Crippen LogP contribution is 2.44. The van der Waals surface area contributed by atoms with E-state index in [0.717, 1.165) is 37.2 Å². The molecule has 2 heterocycles. The molecular formula is C19H26N2O. The zero-order valence-corrected chi connectivity index (χ0v) is 13.8. The molecule has 1 saturated heterocycles. The standard InChI is InChI=1S/C19H26N2O/c1-15(2)16-8-6-9-17-18(16)22-13-7-10-19(17,14-20)21-11-4-3-5-12-21/h6,8-9,15H,3-5,7,10-13H2,1-2H3. The van der Waals surface area contributed by atoms with Gasteiger partial charge in [0.2, 0.25) is 0 Å². The van der Waals surface area contributed by atoms with Gasteiger partial charge >= 0.3 is 0 Å². The Labute approximate surface area is 133 Å². The van der Waals surface area contributed by atoms with E-state index in [1.54, 1.807) is 0 Å². The summed E-state index contributed by atoms with van der Waals surface area (Å²) in [6.45, 7) is 7.16. The largest absolute Gasteiger partial charge is 0.493 e. The van der Waals surface area contributed by atoms with Gasteiger partial charge in [0.05, 0.1) is 12.7 Å². The molecule has 1 atom stereocenters. The monoisotopic (exact) mass is 298 g/mol. The number of ether oxygens (including phenoxy) is 1. The number of likely N-dealkylation sites (tertiary alicyclic amines) is 1. The molecule has 22 heavy (non-hydrogen) atoms. The first kappa shape index (κ1) is 15.4. The van der Waals surface area contributed by atoms with Crippen LogP contribution in [0.2, 0.25) is 0 Å². The topological polar surface area (TPSA) is 36.3 Å². The van der Waals surface area contributed by atoms with Crippen molar-refractivity contribution in [3.63, 3.8) is 0 Å². The van der Waals surface area contributed by atoms with Crippen molar-refractivity contribution in [1.29, 1.82) is 5.26 Å². The molecule has 0 radical (unpaired) electrons. The molecule has 3 rings (SSSR count). The van der Waals surface area contributed by atoms with Gasteiger partial charge in [0.1, 0.15) is 11.3 Å². The van der Waals surface area contributed by atoms with Crippen LogP contribution in [-0.4, -0.2) is 24.6 Å². The van der Waals surface area contributed by atoms with Crippen molar-refractivity contribution in [2.24, 2.45) is 0 Å². The van der Waals surface area contributed by atoms with Crippen LogP contribution in [0.25, 0.3) is 0 Å². The molecule has 0 aromatic heterocycles. The number of benzene rings is 1. The number of nitriles is 1. The summed E-state index contributed by atoms with van der Waals surface area (Å²) >= 11 is 0. The quantitative estimate of drug-likeness (QED) is 0.821. The summed E-state index contributed by atoms with van der Waals surface area (Å²) in [5.74, 6) is 1.38. The molecule has 0 aliphatic carbocycles. The first-order chi connectivity index (χ1) is 10.7. The van der Waals surface area contributed by atoms with E-state index in [2.05, 4.69) is 43.0 Å². The lowest BCUT2D eigenvalue weighted by molar-refractivity contribution is 0.101. The summed E-state index contributed by atoms with van der Waals surface area (Å²) in [6.07, 6.45) is 5.49. The zero-order chi connectivity index (χ0) is 15.6. The second-order valence-corrected chi connectivity index (χ2v) is 6.85. The number of piperidine rings is 1. The predicted octanol–water partition coefficient (Wildman–Crippen LogP) is 4.19. The predicted molar refractivity (Wildman–Crippen MR) is 88.0 cm³/mol. The Bertz CT molecular complexity index is 569. The first-order valence-electron chi connectivity index (χ1n) is 8.61. The molecule has 0 bridgehead atoms. The first-order valence-corrected chi connectivity index (χ1v) is 8.61. The Morgan fingerprint density at radius 3 is 2.64 bits per heavy atom. The fraction of sp³-hybridized carbons (Fsp3) is 0.632. The zero-order valence-electron chi connectivity index (χ0n) is 13.8. The number of hydrogen-bond donors (Lipinski definition) is 0. The minimum Gasteiger partial charge on any atom is -0.493 e. The van der Waals surface area contributed by atoms with Gasteiger partial charge in [0, 0.05) is 5.56 Å². The summed E-state index contributed by atoms with van der Waals surface area (Å²) in [5, 5.41) is 10.1. The summed E-state index contributed by atoms with van der Waals surface area (Å²) in [5.41, 5.74) is 1.83. The maximum Gasteiger partial charge on any atom is 0.138 e. The Hall–Kier alpha value is -1.53. The molecule has 0 spiro atoms. The Balaban J connectivity index is 2.13. The van der Waals surface area contributed by atoms with E-state index in [1.165, 1.54) is 24.8 Å². The van der Waals surface area contributed by atoms with Crippen LogP contribution >= 0.6 is 0 Å². The molecule has 118 valence electrons. The highest BCUT2D eigenvalue weighted by atomic mass is 16.5. The van der Waals surface area contributed by atoms with E-state index >= 15 is 0 Å². The van der Waals surface area contributed by atoms with E-state index in [4.69, 9.17) is 4.74 Å². The normalized spacial score (nSPS) is 25.9. The van der Waals surface area contributed by atoms with Crippen molar-refractivity contribution in [3.8, 4) is 11.8 Å². The van der Waals surface area contributed by atoms with E-state index in [1.807, 2.05) is 0 Å². The van der Waals surface area contributed by atoms with Crippen molar-refractivity contribution in [1.82, 2.24) is 4.90 Å². The lowest BCUT2D eigenvalue weighted by atomic mass is 9.82. The minimum atomic E-state index is -0.503. The fourth-order valence-electron chi connectivity index (χ4n) is 3.92. The Morgan fingerprint density at radius 1 is 1.18 bits per heavy atom. The SMILES string of the molecule is CC(C)c1cccc2c1OCCCC2(C#N)N1CCCCC1. The maximum absolute atomic E-state index is 10.1. The molecular weight excluding hydrogens is 272 g/mol. The van der Waals surface area contributed by atoms with Gasteiger partial charge in [-0.05, 0) is 50.3 Å². The van der Waals surface area contributed by atoms with Gasteiger partial charge in [-0.15, -0.1) is 0 Å². The molecule has 1 aromatic rings. The summed E-state index contributed by atoms with van der Waals surface area (Å²) in [6, 6.07) is 9.05. The Morgan fingerprint density at radius 2 is 1.95 bits per heavy atom. The third-order valence-electron chi connectivity index (χ3n) is 5.12. The third-order valence-corrected chi connectivity index (χ3v) is 5.12. The lowest BCUT2D eigenvalue weighted by Crippen LogP contribution is -2.47. The number of fused-ring (bicyclic) bond motifs is 1. The number of nitrogens with zero attached hydrogens (tertiary/aromatic N) is 2. The van der Waals surface area contributed by atoms with Crippen LogP contribution in [0.3, 0.4) is 0 Å². The number of rotatable bonds is 2. The highest BCUT2D eigenvalue weighted by molar-refractivity contribution is 5.50. The van der Waals surface area contributed by atoms with E-state index < -0.39 is 5.54 Å². The molecule has 3 nitrogen and oxygen atoms in total. The minimum absolute atomic E-state index is 0.408. The van der Waals surface area contributed by atoms with Crippen LogP contribution in [0.15, 0.2) is 18.2 Å². The molecule has 1 unspecified atom stereocenters. The summed E-state index contributed by atoms with van der Waals surface area (Å²) < 4.78 is 6.11. The van der Waals surface area contributed by atoms with Gasteiger partial charge in [-0.3, -0.25) is 4.90 Å². The molecule has 1 fully saturated rings. The van der Waals surface area contributed by atoms with E-state index in [-0.39, 0.29) is 0 Å². The molecule has 1 aromatic carbocycles. The molecule has 2 aliphatic rings. The van der Waals surface area contributed by atoms with Gasteiger partial charge in [-0.2, -0.15) is 5.26 Å². The summed E-state index contributed by atoms with van der Waals surface area (Å²) in [7, 11) is 0. The fourth-order valence-corrected chi connectivity index (χ4v) is 3.92. The van der Waals surface area contributed by atoms with Crippen LogP contribution in [0.4, 0.5) is 0 Å². The second-order valence-electron chi connectivity index (χ2n) is 6.85.